The molecule has 1 heterocycles. The van der Waals surface area contributed by atoms with Crippen LogP contribution in [0.25, 0.3) is 17.0 Å². The van der Waals surface area contributed by atoms with Gasteiger partial charge in [0, 0.05) is 22.5 Å². The van der Waals surface area contributed by atoms with Crippen LogP contribution in [-0.2, 0) is 0 Å². The van der Waals surface area contributed by atoms with Crippen molar-refractivity contribution in [1.82, 2.24) is 4.98 Å². The quantitative estimate of drug-likeness (QED) is 0.693. The molecule has 0 saturated heterocycles. The van der Waals surface area contributed by atoms with Gasteiger partial charge < -0.3 is 9.72 Å². The maximum Gasteiger partial charge on any atom is 0.118 e. The normalized spacial score (nSPS) is 12.9. The van der Waals surface area contributed by atoms with Crippen LogP contribution < -0.4 is 4.74 Å². The molecule has 0 radical (unpaired) electrons. The molecular weight excluding hydrogens is 270 g/mol. The highest BCUT2D eigenvalue weighted by atomic mass is 16.5. The predicted molar refractivity (Wildman–Crippen MR) is 93.5 cm³/mol. The number of allylic oxidation sites excluding steroid dienone is 1. The third-order valence-electron chi connectivity index (χ3n) is 4.09. The Balaban J connectivity index is 1.87. The van der Waals surface area contributed by atoms with Crippen LogP contribution in [0.1, 0.15) is 29.7 Å². The van der Waals surface area contributed by atoms with E-state index in [0.717, 1.165) is 5.75 Å². The molecule has 1 atom stereocenters. The van der Waals surface area contributed by atoms with Crippen molar-refractivity contribution in [1.29, 1.82) is 0 Å². The van der Waals surface area contributed by atoms with E-state index in [1.807, 2.05) is 12.1 Å². The fourth-order valence-corrected chi connectivity index (χ4v) is 2.95. The minimum atomic E-state index is 0.359. The highest BCUT2D eigenvalue weighted by molar-refractivity contribution is 5.85. The molecule has 1 unspecified atom stereocenters. The zero-order valence-electron chi connectivity index (χ0n) is 13.3. The van der Waals surface area contributed by atoms with Gasteiger partial charge in [0.05, 0.1) is 7.11 Å². The zero-order valence-corrected chi connectivity index (χ0v) is 13.3. The standard InChI is InChI=1S/C20H21NO/c1-14(8-9-16-10-12-17(22-3)13-11-16)20-15(2)21-19-7-5-4-6-18(19)20/h4-14,21H,1-3H3/b9-8+. The number of nitrogens with one attached hydrogen (secondary N) is 1. The number of hydrogen-bond donors (Lipinski definition) is 1. The first-order valence-electron chi connectivity index (χ1n) is 7.58. The van der Waals surface area contributed by atoms with E-state index in [9.17, 15) is 0 Å². The number of methoxy groups -OCH3 is 1. The highest BCUT2D eigenvalue weighted by Crippen LogP contribution is 2.30. The minimum absolute atomic E-state index is 0.359. The lowest BCUT2D eigenvalue weighted by atomic mass is 9.96. The van der Waals surface area contributed by atoms with Crippen molar-refractivity contribution >= 4 is 17.0 Å². The molecule has 0 fully saturated rings. The van der Waals surface area contributed by atoms with Gasteiger partial charge >= 0.3 is 0 Å². The van der Waals surface area contributed by atoms with Crippen molar-refractivity contribution in [2.24, 2.45) is 0 Å². The number of aryl methyl sites for hydroxylation is 1. The second-order valence-electron chi connectivity index (χ2n) is 5.63. The Morgan fingerprint density at radius 3 is 2.50 bits per heavy atom. The van der Waals surface area contributed by atoms with E-state index in [0.29, 0.717) is 5.92 Å². The molecule has 1 N–H and O–H groups in total. The number of aromatic nitrogens is 1. The van der Waals surface area contributed by atoms with Crippen LogP contribution in [-0.4, -0.2) is 12.1 Å². The van der Waals surface area contributed by atoms with E-state index < -0.39 is 0 Å². The van der Waals surface area contributed by atoms with E-state index in [2.05, 4.69) is 67.4 Å². The average Bonchev–Trinajstić information content (AvgIpc) is 2.89. The summed E-state index contributed by atoms with van der Waals surface area (Å²) in [5, 5.41) is 1.31. The van der Waals surface area contributed by atoms with Gasteiger partial charge in [-0.05, 0) is 36.2 Å². The van der Waals surface area contributed by atoms with E-state index in [4.69, 9.17) is 4.74 Å². The first-order chi connectivity index (χ1) is 10.7. The minimum Gasteiger partial charge on any atom is -0.497 e. The molecule has 22 heavy (non-hydrogen) atoms. The van der Waals surface area contributed by atoms with Crippen LogP contribution in [0.5, 0.6) is 5.75 Å². The fourth-order valence-electron chi connectivity index (χ4n) is 2.95. The molecule has 3 aromatic rings. The number of hydrogen-bond acceptors (Lipinski definition) is 1. The number of fused-ring (bicyclic) bond motifs is 1. The van der Waals surface area contributed by atoms with E-state index in [-0.39, 0.29) is 0 Å². The van der Waals surface area contributed by atoms with Crippen LogP contribution in [0.4, 0.5) is 0 Å². The summed E-state index contributed by atoms with van der Waals surface area (Å²) in [6.07, 6.45) is 4.43. The Hall–Kier alpha value is -2.48. The third-order valence-corrected chi connectivity index (χ3v) is 4.09. The molecule has 2 nitrogen and oxygen atoms in total. The van der Waals surface area contributed by atoms with Gasteiger partial charge in [-0.3, -0.25) is 0 Å². The van der Waals surface area contributed by atoms with Gasteiger partial charge in [0.25, 0.3) is 0 Å². The van der Waals surface area contributed by atoms with Crippen LogP contribution in [0.15, 0.2) is 54.6 Å². The molecule has 0 amide bonds. The summed E-state index contributed by atoms with van der Waals surface area (Å²) in [6, 6.07) is 16.6. The molecule has 1 aromatic heterocycles. The molecule has 2 heteroatoms. The molecule has 0 aliphatic carbocycles. The van der Waals surface area contributed by atoms with E-state index in [1.54, 1.807) is 7.11 Å². The monoisotopic (exact) mass is 291 g/mol. The molecule has 0 aliphatic heterocycles. The zero-order chi connectivity index (χ0) is 15.5. The molecule has 2 aromatic carbocycles. The Morgan fingerprint density at radius 2 is 1.77 bits per heavy atom. The summed E-state index contributed by atoms with van der Waals surface area (Å²) in [5.41, 5.74) is 5.01. The number of ether oxygens (including phenoxy) is 1. The van der Waals surface area contributed by atoms with Crippen molar-refractivity contribution in [3.8, 4) is 5.75 Å². The molecule has 0 spiro atoms. The lowest BCUT2D eigenvalue weighted by Crippen LogP contribution is -1.90. The van der Waals surface area contributed by atoms with Crippen molar-refractivity contribution in [2.45, 2.75) is 19.8 Å². The average molecular weight is 291 g/mol. The summed E-state index contributed by atoms with van der Waals surface area (Å²) in [5.74, 6) is 1.25. The lowest BCUT2D eigenvalue weighted by molar-refractivity contribution is 0.415. The Morgan fingerprint density at radius 1 is 1.05 bits per heavy atom. The summed E-state index contributed by atoms with van der Waals surface area (Å²) in [7, 11) is 1.69. The van der Waals surface area contributed by atoms with Gasteiger partial charge in [0.1, 0.15) is 5.75 Å². The van der Waals surface area contributed by atoms with E-state index in [1.165, 1.54) is 27.7 Å². The number of para-hydroxylation sites is 1. The van der Waals surface area contributed by atoms with Gasteiger partial charge in [-0.2, -0.15) is 0 Å². The molecular formula is C20H21NO. The van der Waals surface area contributed by atoms with Crippen LogP contribution in [0.2, 0.25) is 0 Å². The number of rotatable bonds is 4. The summed E-state index contributed by atoms with van der Waals surface area (Å²) < 4.78 is 5.19. The van der Waals surface area contributed by atoms with Gasteiger partial charge in [-0.25, -0.2) is 0 Å². The first kappa shape index (κ1) is 14.5. The van der Waals surface area contributed by atoms with Gasteiger partial charge in [-0.15, -0.1) is 0 Å². The molecule has 0 bridgehead atoms. The summed E-state index contributed by atoms with van der Waals surface area (Å²) >= 11 is 0. The molecule has 0 aliphatic rings. The predicted octanol–water partition coefficient (Wildman–Crippen LogP) is 5.30. The smallest absolute Gasteiger partial charge is 0.118 e. The maximum absolute atomic E-state index is 5.19. The van der Waals surface area contributed by atoms with Crippen molar-refractivity contribution in [3.05, 3.63) is 71.4 Å². The molecule has 112 valence electrons. The SMILES string of the molecule is COc1ccc(/C=C/C(C)c2c(C)[nH]c3ccccc23)cc1. The second kappa shape index (κ2) is 6.10. The Bertz CT molecular complexity index is 796. The number of aromatic amines is 1. The van der Waals surface area contributed by atoms with Crippen molar-refractivity contribution in [2.75, 3.05) is 7.11 Å². The van der Waals surface area contributed by atoms with Gasteiger partial charge in [-0.1, -0.05) is 49.4 Å². The summed E-state index contributed by atoms with van der Waals surface area (Å²) in [6.45, 7) is 4.38. The number of H-pyrrole nitrogens is 1. The van der Waals surface area contributed by atoms with Crippen molar-refractivity contribution in [3.63, 3.8) is 0 Å². The first-order valence-corrected chi connectivity index (χ1v) is 7.58. The summed E-state index contributed by atoms with van der Waals surface area (Å²) in [4.78, 5) is 3.47. The van der Waals surface area contributed by atoms with Gasteiger partial charge in [0.15, 0.2) is 0 Å². The topological polar surface area (TPSA) is 25.0 Å². The maximum atomic E-state index is 5.19. The van der Waals surface area contributed by atoms with Crippen molar-refractivity contribution < 1.29 is 4.74 Å². The van der Waals surface area contributed by atoms with Crippen LogP contribution in [0, 0.1) is 6.92 Å². The highest BCUT2D eigenvalue weighted by Gasteiger charge is 2.12. The Kier molecular flexibility index (Phi) is 4.01. The fraction of sp³-hybridized carbons (Fsp3) is 0.200. The molecule has 0 saturated carbocycles. The van der Waals surface area contributed by atoms with Gasteiger partial charge in [0.2, 0.25) is 0 Å². The van der Waals surface area contributed by atoms with E-state index >= 15 is 0 Å². The second-order valence-corrected chi connectivity index (χ2v) is 5.63. The van der Waals surface area contributed by atoms with Crippen LogP contribution >= 0.6 is 0 Å². The number of benzene rings is 2. The largest absolute Gasteiger partial charge is 0.497 e. The van der Waals surface area contributed by atoms with Crippen LogP contribution in [0.3, 0.4) is 0 Å². The third kappa shape index (κ3) is 2.77. The lowest BCUT2D eigenvalue weighted by Gasteiger charge is -2.07. The Labute approximate surface area is 131 Å². The molecule has 3 rings (SSSR count).